The van der Waals surface area contributed by atoms with Gasteiger partial charge in [-0.3, -0.25) is 4.79 Å². The number of methoxy groups -OCH3 is 1. The van der Waals surface area contributed by atoms with Crippen LogP contribution in [-0.4, -0.2) is 26.1 Å². The molecule has 0 atom stereocenters. The van der Waals surface area contributed by atoms with Crippen molar-refractivity contribution in [1.82, 2.24) is 5.32 Å². The van der Waals surface area contributed by atoms with Crippen molar-refractivity contribution in [3.8, 4) is 5.75 Å². The fourth-order valence-electron chi connectivity index (χ4n) is 2.11. The average Bonchev–Trinajstić information content (AvgIpc) is 2.50. The molecule has 1 aromatic rings. The molecular weight excluding hydrogens is 264 g/mol. The van der Waals surface area contributed by atoms with Crippen molar-refractivity contribution >= 4 is 11.6 Å². The molecule has 118 valence electrons. The van der Waals surface area contributed by atoms with Gasteiger partial charge in [0.05, 0.1) is 13.7 Å². The molecule has 0 saturated carbocycles. The van der Waals surface area contributed by atoms with Gasteiger partial charge in [0, 0.05) is 5.69 Å². The van der Waals surface area contributed by atoms with Crippen molar-refractivity contribution in [2.24, 2.45) is 0 Å². The lowest BCUT2D eigenvalue weighted by molar-refractivity contribution is -0.115. The maximum atomic E-state index is 11.7. The Morgan fingerprint density at radius 3 is 2.38 bits per heavy atom. The third-order valence-corrected chi connectivity index (χ3v) is 3.37. The van der Waals surface area contributed by atoms with E-state index in [1.165, 1.54) is 32.1 Å². The number of anilines is 1. The van der Waals surface area contributed by atoms with Gasteiger partial charge in [-0.25, -0.2) is 0 Å². The van der Waals surface area contributed by atoms with Gasteiger partial charge in [0.2, 0.25) is 5.91 Å². The fourth-order valence-corrected chi connectivity index (χ4v) is 2.11. The van der Waals surface area contributed by atoms with Gasteiger partial charge in [-0.2, -0.15) is 0 Å². The van der Waals surface area contributed by atoms with E-state index in [2.05, 4.69) is 17.6 Å². The van der Waals surface area contributed by atoms with Crippen LogP contribution in [0.1, 0.15) is 45.4 Å². The number of hydrogen-bond acceptors (Lipinski definition) is 3. The molecule has 0 bridgehead atoms. The lowest BCUT2D eigenvalue weighted by Crippen LogP contribution is -2.28. The van der Waals surface area contributed by atoms with Gasteiger partial charge >= 0.3 is 0 Å². The monoisotopic (exact) mass is 292 g/mol. The molecule has 2 N–H and O–H groups in total. The van der Waals surface area contributed by atoms with Crippen LogP contribution in [-0.2, 0) is 4.79 Å². The number of ether oxygens (including phenoxy) is 1. The minimum atomic E-state index is -0.00819. The van der Waals surface area contributed by atoms with Gasteiger partial charge in [-0.1, -0.05) is 39.0 Å². The Morgan fingerprint density at radius 1 is 1.05 bits per heavy atom. The number of carbonyl (C=O) groups excluding carboxylic acids is 1. The second kappa shape index (κ2) is 11.1. The van der Waals surface area contributed by atoms with Crippen molar-refractivity contribution in [2.45, 2.75) is 45.4 Å². The average molecular weight is 292 g/mol. The van der Waals surface area contributed by atoms with E-state index >= 15 is 0 Å². The van der Waals surface area contributed by atoms with Gasteiger partial charge in [0.15, 0.2) is 0 Å². The van der Waals surface area contributed by atoms with Gasteiger partial charge < -0.3 is 15.4 Å². The number of amides is 1. The second-order valence-corrected chi connectivity index (χ2v) is 5.22. The fraction of sp³-hybridized carbons (Fsp3) is 0.588. The maximum Gasteiger partial charge on any atom is 0.238 e. The second-order valence-electron chi connectivity index (χ2n) is 5.22. The summed E-state index contributed by atoms with van der Waals surface area (Å²) < 4.78 is 5.08. The molecule has 0 fully saturated rings. The highest BCUT2D eigenvalue weighted by atomic mass is 16.5. The SMILES string of the molecule is CCCCCCCCNCC(=O)Nc1ccc(OC)cc1. The van der Waals surface area contributed by atoms with E-state index in [0.717, 1.165) is 24.4 Å². The van der Waals surface area contributed by atoms with E-state index in [1.807, 2.05) is 24.3 Å². The Bertz CT molecular complexity index is 390. The first-order valence-electron chi connectivity index (χ1n) is 7.91. The van der Waals surface area contributed by atoms with Crippen molar-refractivity contribution in [2.75, 3.05) is 25.5 Å². The number of carbonyl (C=O) groups is 1. The van der Waals surface area contributed by atoms with Crippen molar-refractivity contribution in [3.05, 3.63) is 24.3 Å². The molecule has 21 heavy (non-hydrogen) atoms. The summed E-state index contributed by atoms with van der Waals surface area (Å²) >= 11 is 0. The van der Waals surface area contributed by atoms with E-state index < -0.39 is 0 Å². The number of benzene rings is 1. The van der Waals surface area contributed by atoms with Crippen LogP contribution in [0.2, 0.25) is 0 Å². The van der Waals surface area contributed by atoms with E-state index in [4.69, 9.17) is 4.74 Å². The summed E-state index contributed by atoms with van der Waals surface area (Å²) in [7, 11) is 1.62. The minimum absolute atomic E-state index is 0.00819. The molecule has 1 amide bonds. The Morgan fingerprint density at radius 2 is 1.71 bits per heavy atom. The van der Waals surface area contributed by atoms with Gasteiger partial charge in [-0.05, 0) is 37.2 Å². The minimum Gasteiger partial charge on any atom is -0.497 e. The first-order valence-corrected chi connectivity index (χ1v) is 7.91. The van der Waals surface area contributed by atoms with E-state index in [0.29, 0.717) is 6.54 Å². The van der Waals surface area contributed by atoms with Crippen LogP contribution in [0.25, 0.3) is 0 Å². The van der Waals surface area contributed by atoms with Crippen LogP contribution >= 0.6 is 0 Å². The largest absolute Gasteiger partial charge is 0.497 e. The number of hydrogen-bond donors (Lipinski definition) is 2. The summed E-state index contributed by atoms with van der Waals surface area (Å²) in [5.41, 5.74) is 0.794. The molecule has 1 rings (SSSR count). The summed E-state index contributed by atoms with van der Waals surface area (Å²) in [5.74, 6) is 0.778. The Labute approximate surface area is 128 Å². The summed E-state index contributed by atoms with van der Waals surface area (Å²) in [6, 6.07) is 7.34. The molecule has 4 heteroatoms. The summed E-state index contributed by atoms with van der Waals surface area (Å²) in [5, 5.41) is 6.04. The number of unbranched alkanes of at least 4 members (excludes halogenated alkanes) is 5. The van der Waals surface area contributed by atoms with E-state index in [9.17, 15) is 4.79 Å². The highest BCUT2D eigenvalue weighted by Gasteiger charge is 2.01. The predicted octanol–water partition coefficient (Wildman–Crippen LogP) is 3.58. The maximum absolute atomic E-state index is 11.7. The summed E-state index contributed by atoms with van der Waals surface area (Å²) in [6.45, 7) is 3.49. The summed E-state index contributed by atoms with van der Waals surface area (Å²) in [4.78, 5) is 11.7. The van der Waals surface area contributed by atoms with Crippen LogP contribution < -0.4 is 15.4 Å². The van der Waals surface area contributed by atoms with Crippen molar-refractivity contribution < 1.29 is 9.53 Å². The Balaban J connectivity index is 2.05. The number of rotatable bonds is 11. The molecule has 0 aromatic heterocycles. The van der Waals surface area contributed by atoms with Crippen LogP contribution in [0.3, 0.4) is 0 Å². The first-order chi connectivity index (χ1) is 10.3. The van der Waals surface area contributed by atoms with Crippen molar-refractivity contribution in [1.29, 1.82) is 0 Å². The van der Waals surface area contributed by atoms with Gasteiger partial charge in [-0.15, -0.1) is 0 Å². The smallest absolute Gasteiger partial charge is 0.238 e. The van der Waals surface area contributed by atoms with Crippen LogP contribution in [0, 0.1) is 0 Å². The summed E-state index contributed by atoms with van der Waals surface area (Å²) in [6.07, 6.45) is 7.62. The van der Waals surface area contributed by atoms with Crippen LogP contribution in [0.5, 0.6) is 5.75 Å². The molecule has 0 aliphatic carbocycles. The third-order valence-electron chi connectivity index (χ3n) is 3.37. The first kappa shape index (κ1) is 17.5. The highest BCUT2D eigenvalue weighted by molar-refractivity contribution is 5.92. The molecule has 0 aliphatic rings. The highest BCUT2D eigenvalue weighted by Crippen LogP contribution is 2.14. The Kier molecular flexibility index (Phi) is 9.29. The molecule has 0 unspecified atom stereocenters. The zero-order valence-corrected chi connectivity index (χ0v) is 13.3. The molecular formula is C17H28N2O2. The molecule has 4 nitrogen and oxygen atoms in total. The zero-order chi connectivity index (χ0) is 15.3. The molecule has 0 radical (unpaired) electrons. The molecule has 0 saturated heterocycles. The number of nitrogens with one attached hydrogen (secondary N) is 2. The molecule has 0 heterocycles. The molecule has 0 aliphatic heterocycles. The zero-order valence-electron chi connectivity index (χ0n) is 13.3. The van der Waals surface area contributed by atoms with E-state index in [-0.39, 0.29) is 5.91 Å². The predicted molar refractivity (Wildman–Crippen MR) is 87.9 cm³/mol. The molecule has 0 spiro atoms. The standard InChI is InChI=1S/C17H28N2O2/c1-3-4-5-6-7-8-13-18-14-17(20)19-15-9-11-16(21-2)12-10-15/h9-12,18H,3-8,13-14H2,1-2H3,(H,19,20). The Hall–Kier alpha value is -1.55. The lowest BCUT2D eigenvalue weighted by Gasteiger charge is -2.07. The van der Waals surface area contributed by atoms with Gasteiger partial charge in [0.1, 0.15) is 5.75 Å². The topological polar surface area (TPSA) is 50.4 Å². The third kappa shape index (κ3) is 8.35. The van der Waals surface area contributed by atoms with Crippen LogP contribution in [0.15, 0.2) is 24.3 Å². The van der Waals surface area contributed by atoms with Crippen LogP contribution in [0.4, 0.5) is 5.69 Å². The lowest BCUT2D eigenvalue weighted by atomic mass is 10.1. The van der Waals surface area contributed by atoms with Crippen molar-refractivity contribution in [3.63, 3.8) is 0 Å². The quantitative estimate of drug-likeness (QED) is 0.613. The normalized spacial score (nSPS) is 10.4. The molecule has 1 aromatic carbocycles. The van der Waals surface area contributed by atoms with E-state index in [1.54, 1.807) is 7.11 Å². The van der Waals surface area contributed by atoms with Gasteiger partial charge in [0.25, 0.3) is 0 Å².